The van der Waals surface area contributed by atoms with Crippen LogP contribution in [0, 0.1) is 0 Å². The lowest BCUT2D eigenvalue weighted by atomic mass is 10.1. The summed E-state index contributed by atoms with van der Waals surface area (Å²) in [6.07, 6.45) is -0.621. The van der Waals surface area contributed by atoms with Crippen LogP contribution in [0.25, 0.3) is 0 Å². The van der Waals surface area contributed by atoms with Gasteiger partial charge in [0.15, 0.2) is 6.61 Å². The van der Waals surface area contributed by atoms with Gasteiger partial charge >= 0.3 is 0 Å². The molecule has 5 heteroatoms. The molecule has 0 aromatic heterocycles. The lowest BCUT2D eigenvalue weighted by Crippen LogP contribution is -2.48. The molecule has 1 aliphatic heterocycles. The number of ether oxygens (including phenoxy) is 1. The number of β-amino-alcohol motifs (C(OH)–C–C–N with tert-alkyl or cyclic N) is 1. The molecule has 1 aromatic carbocycles. The predicted molar refractivity (Wildman–Crippen MR) is 78.1 cm³/mol. The number of rotatable bonds is 4. The monoisotopic (exact) mass is 278 g/mol. The van der Waals surface area contributed by atoms with Crippen LogP contribution in [0.5, 0.6) is 5.75 Å². The van der Waals surface area contributed by atoms with Crippen LogP contribution in [-0.2, 0) is 4.79 Å². The van der Waals surface area contributed by atoms with Crippen molar-refractivity contribution in [3.05, 3.63) is 24.3 Å². The van der Waals surface area contributed by atoms with Crippen molar-refractivity contribution in [1.29, 1.82) is 0 Å². The van der Waals surface area contributed by atoms with E-state index in [9.17, 15) is 9.90 Å². The van der Waals surface area contributed by atoms with Crippen molar-refractivity contribution in [1.82, 2.24) is 5.32 Å². The van der Waals surface area contributed by atoms with E-state index in [4.69, 9.17) is 4.74 Å². The molecular weight excluding hydrogens is 256 g/mol. The molecule has 0 fully saturated rings. The lowest BCUT2D eigenvalue weighted by molar-refractivity contribution is -0.121. The molecule has 0 aliphatic carbocycles. The van der Waals surface area contributed by atoms with Gasteiger partial charge in [0, 0.05) is 12.1 Å². The maximum absolute atomic E-state index is 12.0. The van der Waals surface area contributed by atoms with Crippen molar-refractivity contribution in [3.63, 3.8) is 0 Å². The van der Waals surface area contributed by atoms with E-state index in [2.05, 4.69) is 5.32 Å². The number of benzene rings is 1. The van der Waals surface area contributed by atoms with Gasteiger partial charge in [0.05, 0.1) is 18.3 Å². The average molecular weight is 278 g/mol. The Bertz CT molecular complexity index is 482. The number of aliphatic hydroxyl groups is 1. The van der Waals surface area contributed by atoms with Crippen molar-refractivity contribution >= 4 is 11.6 Å². The molecule has 1 heterocycles. The average Bonchev–Trinajstić information content (AvgIpc) is 2.39. The van der Waals surface area contributed by atoms with Crippen LogP contribution < -0.4 is 15.0 Å². The normalized spacial score (nSPS) is 16.6. The van der Waals surface area contributed by atoms with Crippen LogP contribution in [0.1, 0.15) is 20.8 Å². The van der Waals surface area contributed by atoms with Crippen LogP contribution in [-0.4, -0.2) is 42.4 Å². The third-order valence-corrected chi connectivity index (χ3v) is 3.07. The van der Waals surface area contributed by atoms with Gasteiger partial charge < -0.3 is 20.1 Å². The number of aliphatic hydroxyl groups excluding tert-OH is 1. The minimum absolute atomic E-state index is 0.0242. The van der Waals surface area contributed by atoms with Crippen molar-refractivity contribution in [2.24, 2.45) is 0 Å². The number of para-hydroxylation sites is 2. The molecule has 1 aliphatic rings. The summed E-state index contributed by atoms with van der Waals surface area (Å²) in [5.41, 5.74) is 0.659. The first-order chi connectivity index (χ1) is 9.37. The molecule has 0 saturated carbocycles. The molecule has 0 spiro atoms. The molecule has 1 atom stereocenters. The molecule has 0 saturated heterocycles. The van der Waals surface area contributed by atoms with E-state index in [0.29, 0.717) is 12.3 Å². The quantitative estimate of drug-likeness (QED) is 0.867. The zero-order chi connectivity index (χ0) is 14.8. The van der Waals surface area contributed by atoms with Gasteiger partial charge in [-0.1, -0.05) is 12.1 Å². The summed E-state index contributed by atoms with van der Waals surface area (Å²) < 4.78 is 5.37. The Morgan fingerprint density at radius 1 is 1.40 bits per heavy atom. The second-order valence-corrected chi connectivity index (χ2v) is 6.05. The molecule has 0 bridgehead atoms. The Labute approximate surface area is 119 Å². The smallest absolute Gasteiger partial charge is 0.265 e. The number of anilines is 1. The Balaban J connectivity index is 2.03. The molecule has 1 unspecified atom stereocenters. The first-order valence-electron chi connectivity index (χ1n) is 6.82. The molecule has 110 valence electrons. The zero-order valence-corrected chi connectivity index (χ0v) is 12.2. The molecule has 20 heavy (non-hydrogen) atoms. The second-order valence-electron chi connectivity index (χ2n) is 6.05. The highest BCUT2D eigenvalue weighted by molar-refractivity contribution is 5.97. The van der Waals surface area contributed by atoms with Crippen LogP contribution in [0.2, 0.25) is 0 Å². The van der Waals surface area contributed by atoms with Gasteiger partial charge in [-0.25, -0.2) is 0 Å². The Kier molecular flexibility index (Phi) is 4.30. The summed E-state index contributed by atoms with van der Waals surface area (Å²) in [4.78, 5) is 13.6. The van der Waals surface area contributed by atoms with Gasteiger partial charge in [-0.15, -0.1) is 0 Å². The Hall–Kier alpha value is -1.59. The van der Waals surface area contributed by atoms with E-state index in [0.717, 1.165) is 5.69 Å². The van der Waals surface area contributed by atoms with Crippen LogP contribution in [0.15, 0.2) is 24.3 Å². The fourth-order valence-electron chi connectivity index (χ4n) is 2.05. The van der Waals surface area contributed by atoms with Crippen molar-refractivity contribution in [2.75, 3.05) is 24.6 Å². The number of hydrogen-bond donors (Lipinski definition) is 2. The standard InChI is InChI=1S/C15H22N2O3/c1-15(2,3)16-8-11(18)9-17-12-6-4-5-7-13(12)20-10-14(17)19/h4-7,11,16,18H,8-10H2,1-3H3. The van der Waals surface area contributed by atoms with E-state index in [-0.39, 0.29) is 24.6 Å². The number of carbonyl (C=O) groups excluding carboxylic acids is 1. The van der Waals surface area contributed by atoms with E-state index in [1.807, 2.05) is 45.0 Å². The summed E-state index contributed by atoms with van der Waals surface area (Å²) in [6.45, 7) is 6.84. The van der Waals surface area contributed by atoms with Gasteiger partial charge in [0.1, 0.15) is 5.75 Å². The van der Waals surface area contributed by atoms with E-state index in [1.165, 1.54) is 0 Å². The van der Waals surface area contributed by atoms with Crippen LogP contribution in [0.4, 0.5) is 5.69 Å². The minimum Gasteiger partial charge on any atom is -0.482 e. The lowest BCUT2D eigenvalue weighted by Gasteiger charge is -2.31. The SMILES string of the molecule is CC(C)(C)NCC(O)CN1C(=O)COc2ccccc21. The third kappa shape index (κ3) is 3.71. The van der Waals surface area contributed by atoms with Gasteiger partial charge in [-0.3, -0.25) is 4.79 Å². The summed E-state index contributed by atoms with van der Waals surface area (Å²) in [5, 5.41) is 13.3. The molecule has 2 rings (SSSR count). The van der Waals surface area contributed by atoms with Gasteiger partial charge in [-0.2, -0.15) is 0 Å². The van der Waals surface area contributed by atoms with E-state index in [1.54, 1.807) is 4.90 Å². The number of amides is 1. The summed E-state index contributed by atoms with van der Waals surface area (Å²) >= 11 is 0. The highest BCUT2D eigenvalue weighted by Gasteiger charge is 2.27. The summed E-state index contributed by atoms with van der Waals surface area (Å²) in [6, 6.07) is 7.38. The van der Waals surface area contributed by atoms with Crippen molar-refractivity contribution in [2.45, 2.75) is 32.4 Å². The first-order valence-corrected chi connectivity index (χ1v) is 6.82. The van der Waals surface area contributed by atoms with Gasteiger partial charge in [0.2, 0.25) is 0 Å². The highest BCUT2D eigenvalue weighted by Crippen LogP contribution is 2.31. The predicted octanol–water partition coefficient (Wildman–Crippen LogP) is 1.16. The molecule has 0 radical (unpaired) electrons. The maximum Gasteiger partial charge on any atom is 0.265 e. The highest BCUT2D eigenvalue weighted by atomic mass is 16.5. The first kappa shape index (κ1) is 14.8. The van der Waals surface area contributed by atoms with E-state index >= 15 is 0 Å². The number of carbonyl (C=O) groups is 1. The zero-order valence-electron chi connectivity index (χ0n) is 12.2. The topological polar surface area (TPSA) is 61.8 Å². The third-order valence-electron chi connectivity index (χ3n) is 3.07. The summed E-state index contributed by atoms with van der Waals surface area (Å²) in [5.74, 6) is 0.557. The molecule has 5 nitrogen and oxygen atoms in total. The molecular formula is C15H22N2O3. The number of nitrogens with zero attached hydrogens (tertiary/aromatic N) is 1. The molecule has 2 N–H and O–H groups in total. The Morgan fingerprint density at radius 3 is 2.80 bits per heavy atom. The van der Waals surface area contributed by atoms with Gasteiger partial charge in [-0.05, 0) is 32.9 Å². The number of nitrogens with one attached hydrogen (secondary N) is 1. The largest absolute Gasteiger partial charge is 0.482 e. The second kappa shape index (κ2) is 5.81. The molecule has 1 amide bonds. The van der Waals surface area contributed by atoms with Crippen molar-refractivity contribution < 1.29 is 14.6 Å². The molecule has 1 aromatic rings. The van der Waals surface area contributed by atoms with Gasteiger partial charge in [0.25, 0.3) is 5.91 Å². The van der Waals surface area contributed by atoms with Crippen LogP contribution >= 0.6 is 0 Å². The maximum atomic E-state index is 12.0. The minimum atomic E-state index is -0.621. The Morgan fingerprint density at radius 2 is 2.10 bits per heavy atom. The van der Waals surface area contributed by atoms with Crippen molar-refractivity contribution in [3.8, 4) is 5.75 Å². The fourth-order valence-corrected chi connectivity index (χ4v) is 2.05. The number of hydrogen-bond acceptors (Lipinski definition) is 4. The van der Waals surface area contributed by atoms with E-state index < -0.39 is 6.10 Å². The number of fused-ring (bicyclic) bond motifs is 1. The fraction of sp³-hybridized carbons (Fsp3) is 0.533. The summed E-state index contributed by atoms with van der Waals surface area (Å²) in [7, 11) is 0. The van der Waals surface area contributed by atoms with Crippen LogP contribution in [0.3, 0.4) is 0 Å².